The number of ketones is 2. The average molecular weight is 1650 g/mol. The summed E-state index contributed by atoms with van der Waals surface area (Å²) in [4.78, 5) is 203. The molecule has 0 heterocycles. The van der Waals surface area contributed by atoms with Gasteiger partial charge in [0.05, 0.1) is 67.0 Å². The number of rotatable bonds is 43. The Labute approximate surface area is 688 Å². The molecule has 31 heteroatoms. The molecule has 1 unspecified atom stereocenters. The molecule has 0 saturated heterocycles. The van der Waals surface area contributed by atoms with E-state index >= 15 is 0 Å². The second-order valence-electron chi connectivity index (χ2n) is 27.7. The Hall–Kier alpha value is -13.9. The van der Waals surface area contributed by atoms with Gasteiger partial charge in [0, 0.05) is 59.9 Å². The lowest BCUT2D eigenvalue weighted by Crippen LogP contribution is -2.48. The molecular formula is C89H86O31. The van der Waals surface area contributed by atoms with Gasteiger partial charge in [0.2, 0.25) is 0 Å². The van der Waals surface area contributed by atoms with E-state index in [-0.39, 0.29) is 115 Å². The fraction of sp³-hybridized carbons (Fsp3) is 0.292. The number of hydrogen-bond donors (Lipinski definition) is 0. The first-order valence-electron chi connectivity index (χ1n) is 37.1. The number of carbonyl (C=O) groups is 15. The van der Waals surface area contributed by atoms with Gasteiger partial charge in [-0.3, -0.25) is 38.4 Å². The van der Waals surface area contributed by atoms with Crippen LogP contribution in [0.25, 0.3) is 0 Å². The highest BCUT2D eigenvalue weighted by Gasteiger charge is 2.44. The molecule has 0 aromatic heterocycles. The number of carbonyl (C=O) groups excluding carboxylic acids is 15. The summed E-state index contributed by atoms with van der Waals surface area (Å²) in [5, 5.41) is 0. The van der Waals surface area contributed by atoms with Gasteiger partial charge in [-0.2, -0.15) is 0 Å². The van der Waals surface area contributed by atoms with Crippen molar-refractivity contribution in [3.05, 3.63) is 250 Å². The molecule has 0 aliphatic heterocycles. The molecule has 0 amide bonds. The molecule has 0 aliphatic rings. The smallest absolute Gasteiger partial charge is 0.341 e. The second kappa shape index (κ2) is 44.4. The Bertz CT molecular complexity index is 4490. The molecule has 628 valence electrons. The molecule has 0 bridgehead atoms. The Morgan fingerprint density at radius 2 is 0.392 bits per heavy atom. The summed E-state index contributed by atoms with van der Waals surface area (Å²) in [6, 6.07) is 45.4. The summed E-state index contributed by atoms with van der Waals surface area (Å²) in [6.07, 6.45) is -0.463. The van der Waals surface area contributed by atoms with Crippen molar-refractivity contribution in [2.45, 2.75) is 74.8 Å². The first-order valence-corrected chi connectivity index (χ1v) is 37.1. The summed E-state index contributed by atoms with van der Waals surface area (Å²) in [6.45, 7) is -1.97. The molecule has 31 nitrogen and oxygen atoms in total. The minimum atomic E-state index is -2.20. The molecule has 1 atom stereocenters. The van der Waals surface area contributed by atoms with Crippen molar-refractivity contribution in [3.63, 3.8) is 0 Å². The molecule has 0 saturated carbocycles. The van der Waals surface area contributed by atoms with E-state index < -0.39 is 180 Å². The SMILES string of the molecule is CC(=O)Cc1ccccc1C(=O)OCC(COCC(COCc1ccccc1OC(C)=O)(COCC(COC(=O)c1ccccc1OC(C)=O)(COC(=O)c1ccccc1OC(C)=O)COC(=O)c1ccccc1OC(C)=O)COC(=O)c1ccccc1OC(C)=O)(COC(=O)c1ccccc1CC(C)=O)COC(=O)c1ccccc1OC(C)=O. The van der Waals surface area contributed by atoms with Crippen LogP contribution < -0.4 is 28.4 Å². The Morgan fingerprint density at radius 1 is 0.208 bits per heavy atom. The standard InChI is InChI=1S/C89H86O31/c1-56(90)41-64-25-9-12-28-67(64)80(98)108-50-88(51-109-81(99)68-29-13-10-26-65(68)42-57(2)91,52-111-83(101)70-31-15-21-37-76(70)117-60(5)94)47-106-45-87(44-105-43-66-27-11-19-35-74(66)115-58(3)92,49-110-82(100)69-30-14-20-36-75(69)116-59(4)93)46-107-48-89(53-112-84(102)71-32-16-22-38-77(71)118-61(6)95,54-113-85(103)72-33-17-23-39-78(72)119-62(7)96)55-114-86(104)73-34-18-24-40-79(73)120-63(8)97/h9-40H,41-55H2,1-8H3. The van der Waals surface area contributed by atoms with Crippen LogP contribution in [-0.4, -0.2) is 168 Å². The number of ether oxygens (including phenoxy) is 16. The normalized spacial score (nSPS) is 11.5. The van der Waals surface area contributed by atoms with Crippen LogP contribution in [0.3, 0.4) is 0 Å². The van der Waals surface area contributed by atoms with Gasteiger partial charge < -0.3 is 75.8 Å². The maximum absolute atomic E-state index is 14.9. The highest BCUT2D eigenvalue weighted by Crippen LogP contribution is 2.34. The predicted molar refractivity (Wildman–Crippen MR) is 419 cm³/mol. The van der Waals surface area contributed by atoms with Gasteiger partial charge in [0.15, 0.2) is 0 Å². The summed E-state index contributed by atoms with van der Waals surface area (Å²) in [7, 11) is 0. The van der Waals surface area contributed by atoms with Gasteiger partial charge in [0.1, 0.15) is 120 Å². The molecular weight excluding hydrogens is 1560 g/mol. The summed E-state index contributed by atoms with van der Waals surface area (Å²) in [5.74, 6) is -14.8. The van der Waals surface area contributed by atoms with Crippen molar-refractivity contribution in [1.82, 2.24) is 0 Å². The lowest BCUT2D eigenvalue weighted by atomic mass is 9.89. The zero-order valence-electron chi connectivity index (χ0n) is 66.7. The molecule has 0 spiro atoms. The Morgan fingerprint density at radius 3 is 0.633 bits per heavy atom. The van der Waals surface area contributed by atoms with E-state index in [1.165, 1.54) is 178 Å². The first kappa shape index (κ1) is 91.6. The lowest BCUT2D eigenvalue weighted by molar-refractivity contribution is -0.139. The maximum Gasteiger partial charge on any atom is 0.341 e. The van der Waals surface area contributed by atoms with Crippen LogP contribution in [0, 0.1) is 16.2 Å². The van der Waals surface area contributed by atoms with Crippen molar-refractivity contribution in [1.29, 1.82) is 0 Å². The molecule has 8 aromatic rings. The van der Waals surface area contributed by atoms with Crippen LogP contribution in [0.1, 0.15) is 145 Å². The van der Waals surface area contributed by atoms with Gasteiger partial charge in [0.25, 0.3) is 0 Å². The van der Waals surface area contributed by atoms with E-state index in [4.69, 9.17) is 75.8 Å². The third kappa shape index (κ3) is 27.9. The van der Waals surface area contributed by atoms with Crippen molar-refractivity contribution >= 4 is 89.2 Å². The number of para-hydroxylation sites is 6. The zero-order valence-corrected chi connectivity index (χ0v) is 66.7. The molecule has 120 heavy (non-hydrogen) atoms. The fourth-order valence-electron chi connectivity index (χ4n) is 11.7. The van der Waals surface area contributed by atoms with Crippen LogP contribution in [0.5, 0.6) is 34.5 Å². The van der Waals surface area contributed by atoms with E-state index in [0.29, 0.717) is 0 Å². The van der Waals surface area contributed by atoms with Crippen molar-refractivity contribution in [2.24, 2.45) is 16.2 Å². The van der Waals surface area contributed by atoms with Crippen molar-refractivity contribution < 1.29 is 148 Å². The number of esters is 13. The van der Waals surface area contributed by atoms with Crippen LogP contribution in [-0.2, 0) is 105 Å². The fourth-order valence-corrected chi connectivity index (χ4v) is 11.7. The van der Waals surface area contributed by atoms with Crippen LogP contribution in [0.15, 0.2) is 194 Å². The van der Waals surface area contributed by atoms with Gasteiger partial charge in [-0.1, -0.05) is 115 Å². The molecule has 0 fully saturated rings. The lowest BCUT2D eigenvalue weighted by Gasteiger charge is -2.37. The number of hydrogen-bond acceptors (Lipinski definition) is 31. The highest BCUT2D eigenvalue weighted by atomic mass is 16.6. The topological polar surface area (TPSA) is 404 Å². The van der Waals surface area contributed by atoms with Crippen LogP contribution in [0.4, 0.5) is 0 Å². The van der Waals surface area contributed by atoms with Gasteiger partial charge in [-0.15, -0.1) is 0 Å². The largest absolute Gasteiger partial charge is 0.461 e. The third-order valence-electron chi connectivity index (χ3n) is 17.2. The summed E-state index contributed by atoms with van der Waals surface area (Å²) in [5.41, 5.74) is -7.41. The number of Topliss-reactive ketones (excluding diaryl/α,β-unsaturated/α-hetero) is 2. The molecule has 8 aromatic carbocycles. The van der Waals surface area contributed by atoms with Crippen molar-refractivity contribution in [3.8, 4) is 34.5 Å². The average Bonchev–Trinajstić information content (AvgIpc) is 0.820. The van der Waals surface area contributed by atoms with Crippen LogP contribution >= 0.6 is 0 Å². The zero-order chi connectivity index (χ0) is 86.9. The second-order valence-corrected chi connectivity index (χ2v) is 27.7. The van der Waals surface area contributed by atoms with Crippen molar-refractivity contribution in [2.75, 3.05) is 79.3 Å². The Balaban J connectivity index is 1.33. The van der Waals surface area contributed by atoms with Gasteiger partial charge >= 0.3 is 77.6 Å². The molecule has 0 radical (unpaired) electrons. The van der Waals surface area contributed by atoms with Crippen LogP contribution in [0.2, 0.25) is 0 Å². The molecule has 0 aliphatic carbocycles. The minimum absolute atomic E-state index is 0.0354. The number of benzene rings is 8. The summed E-state index contributed by atoms with van der Waals surface area (Å²) >= 11 is 0. The summed E-state index contributed by atoms with van der Waals surface area (Å²) < 4.78 is 95.3. The quantitative estimate of drug-likeness (QED) is 0.0195. The monoisotopic (exact) mass is 1650 g/mol. The molecule has 0 N–H and O–H groups in total. The Kier molecular flexibility index (Phi) is 33.9. The maximum atomic E-state index is 14.9. The van der Waals surface area contributed by atoms with E-state index in [1.807, 2.05) is 0 Å². The minimum Gasteiger partial charge on any atom is -0.461 e. The predicted octanol–water partition coefficient (Wildman–Crippen LogP) is 11.0. The van der Waals surface area contributed by atoms with Gasteiger partial charge in [-0.05, 0) is 104 Å². The van der Waals surface area contributed by atoms with E-state index in [2.05, 4.69) is 0 Å². The van der Waals surface area contributed by atoms with E-state index in [0.717, 1.165) is 41.5 Å². The van der Waals surface area contributed by atoms with E-state index in [1.54, 1.807) is 30.3 Å². The molecule has 8 rings (SSSR count). The van der Waals surface area contributed by atoms with Gasteiger partial charge in [-0.25, -0.2) is 33.6 Å². The highest BCUT2D eigenvalue weighted by molar-refractivity contribution is 5.98. The third-order valence-corrected chi connectivity index (χ3v) is 17.2. The first-order chi connectivity index (χ1) is 57.4. The van der Waals surface area contributed by atoms with E-state index in [9.17, 15) is 71.9 Å².